The first-order chi connectivity index (χ1) is 14.2. The SMILES string of the molecule is Cc1ccc(-c2nc(C3CC(=O)N(Cc4ccc(C(F)(F)F)cc4)C3)no2)cc1C. The number of hydrogen-bond donors (Lipinski definition) is 0. The molecule has 0 spiro atoms. The Labute approximate surface area is 171 Å². The van der Waals surface area contributed by atoms with Crippen molar-refractivity contribution in [2.75, 3.05) is 6.54 Å². The molecule has 30 heavy (non-hydrogen) atoms. The highest BCUT2D eigenvalue weighted by Crippen LogP contribution is 2.31. The minimum Gasteiger partial charge on any atom is -0.338 e. The zero-order valence-electron chi connectivity index (χ0n) is 16.5. The first-order valence-electron chi connectivity index (χ1n) is 9.56. The van der Waals surface area contributed by atoms with Crippen molar-refractivity contribution in [2.24, 2.45) is 0 Å². The molecule has 1 aliphatic rings. The van der Waals surface area contributed by atoms with Gasteiger partial charge in [0.1, 0.15) is 0 Å². The number of aromatic nitrogens is 2. The van der Waals surface area contributed by atoms with Gasteiger partial charge in [-0.1, -0.05) is 23.4 Å². The quantitative estimate of drug-likeness (QED) is 0.609. The van der Waals surface area contributed by atoms with Crippen molar-refractivity contribution in [3.63, 3.8) is 0 Å². The summed E-state index contributed by atoms with van der Waals surface area (Å²) in [5.41, 5.74) is 3.04. The second-order valence-corrected chi connectivity index (χ2v) is 7.63. The summed E-state index contributed by atoms with van der Waals surface area (Å²) in [7, 11) is 0. The Morgan fingerprint density at radius 1 is 1.10 bits per heavy atom. The standard InChI is InChI=1S/C22H20F3N3O2/c1-13-3-6-16(9-14(13)2)21-26-20(27-30-21)17-10-19(29)28(12-17)11-15-4-7-18(8-5-15)22(23,24)25/h3-9,17H,10-12H2,1-2H3. The smallest absolute Gasteiger partial charge is 0.338 e. The van der Waals surface area contributed by atoms with Crippen LogP contribution in [0.1, 0.15) is 40.4 Å². The van der Waals surface area contributed by atoms with E-state index >= 15 is 0 Å². The van der Waals surface area contributed by atoms with Crippen LogP contribution in [0, 0.1) is 13.8 Å². The van der Waals surface area contributed by atoms with Crippen molar-refractivity contribution in [3.8, 4) is 11.5 Å². The number of aryl methyl sites for hydroxylation is 2. The van der Waals surface area contributed by atoms with E-state index in [9.17, 15) is 18.0 Å². The molecule has 1 aliphatic heterocycles. The lowest BCUT2D eigenvalue weighted by Gasteiger charge is -2.16. The van der Waals surface area contributed by atoms with E-state index in [1.165, 1.54) is 17.7 Å². The molecule has 0 N–H and O–H groups in total. The van der Waals surface area contributed by atoms with Gasteiger partial charge in [-0.05, 0) is 54.8 Å². The van der Waals surface area contributed by atoms with E-state index in [0.717, 1.165) is 23.3 Å². The number of halogens is 3. The molecule has 3 aromatic rings. The Morgan fingerprint density at radius 2 is 1.83 bits per heavy atom. The van der Waals surface area contributed by atoms with Crippen LogP contribution in [0.3, 0.4) is 0 Å². The van der Waals surface area contributed by atoms with Crippen molar-refractivity contribution < 1.29 is 22.5 Å². The molecule has 1 atom stereocenters. The molecule has 1 amide bonds. The third kappa shape index (κ3) is 4.08. The predicted molar refractivity (Wildman–Crippen MR) is 103 cm³/mol. The minimum atomic E-state index is -4.38. The molecule has 156 valence electrons. The van der Waals surface area contributed by atoms with E-state index in [4.69, 9.17) is 4.52 Å². The molecule has 0 aliphatic carbocycles. The van der Waals surface area contributed by atoms with E-state index in [0.29, 0.717) is 23.8 Å². The molecular formula is C22H20F3N3O2. The molecule has 2 heterocycles. The van der Waals surface area contributed by atoms with Gasteiger partial charge in [-0.25, -0.2) is 0 Å². The fourth-order valence-corrected chi connectivity index (χ4v) is 3.51. The molecule has 0 saturated carbocycles. The molecule has 0 radical (unpaired) electrons. The highest BCUT2D eigenvalue weighted by Gasteiger charge is 2.34. The lowest BCUT2D eigenvalue weighted by molar-refractivity contribution is -0.137. The van der Waals surface area contributed by atoms with Crippen LogP contribution in [0.15, 0.2) is 47.0 Å². The minimum absolute atomic E-state index is 0.0857. The number of amides is 1. The van der Waals surface area contributed by atoms with Crippen LogP contribution in [-0.2, 0) is 17.5 Å². The Kier molecular flexibility index (Phi) is 5.09. The molecule has 0 bridgehead atoms. The molecule has 4 rings (SSSR count). The highest BCUT2D eigenvalue weighted by atomic mass is 19.4. The topological polar surface area (TPSA) is 59.2 Å². The molecule has 1 fully saturated rings. The largest absolute Gasteiger partial charge is 0.416 e. The Morgan fingerprint density at radius 3 is 2.50 bits per heavy atom. The van der Waals surface area contributed by atoms with Gasteiger partial charge in [0.15, 0.2) is 5.82 Å². The van der Waals surface area contributed by atoms with Crippen LogP contribution in [0.5, 0.6) is 0 Å². The van der Waals surface area contributed by atoms with Crippen molar-refractivity contribution in [3.05, 3.63) is 70.5 Å². The monoisotopic (exact) mass is 415 g/mol. The molecule has 1 aromatic heterocycles. The molecule has 2 aromatic carbocycles. The average Bonchev–Trinajstić information content (AvgIpc) is 3.31. The number of carbonyl (C=O) groups is 1. The van der Waals surface area contributed by atoms with E-state index in [-0.39, 0.29) is 24.8 Å². The maximum Gasteiger partial charge on any atom is 0.416 e. The van der Waals surface area contributed by atoms with E-state index in [1.807, 2.05) is 32.0 Å². The number of carbonyl (C=O) groups excluding carboxylic acids is 1. The normalized spacial score (nSPS) is 17.0. The number of rotatable bonds is 4. The molecular weight excluding hydrogens is 395 g/mol. The maximum absolute atomic E-state index is 12.7. The first-order valence-corrected chi connectivity index (χ1v) is 9.56. The summed E-state index contributed by atoms with van der Waals surface area (Å²) in [5.74, 6) is 0.571. The third-order valence-electron chi connectivity index (χ3n) is 5.43. The Balaban J connectivity index is 1.45. The fourth-order valence-electron chi connectivity index (χ4n) is 3.51. The van der Waals surface area contributed by atoms with Gasteiger partial charge >= 0.3 is 6.18 Å². The summed E-state index contributed by atoms with van der Waals surface area (Å²) < 4.78 is 43.5. The van der Waals surface area contributed by atoms with Crippen LogP contribution < -0.4 is 0 Å². The second kappa shape index (κ2) is 7.59. The van der Waals surface area contributed by atoms with Crippen molar-refractivity contribution in [2.45, 2.75) is 38.9 Å². The number of likely N-dealkylation sites (tertiary alicyclic amines) is 1. The summed E-state index contributed by atoms with van der Waals surface area (Å²) in [6.07, 6.45) is -4.13. The molecule has 1 unspecified atom stereocenters. The van der Waals surface area contributed by atoms with E-state index in [1.54, 1.807) is 4.90 Å². The van der Waals surface area contributed by atoms with Gasteiger partial charge in [0.25, 0.3) is 5.89 Å². The van der Waals surface area contributed by atoms with Crippen LogP contribution in [0.2, 0.25) is 0 Å². The number of benzene rings is 2. The summed E-state index contributed by atoms with van der Waals surface area (Å²) >= 11 is 0. The van der Waals surface area contributed by atoms with Crippen molar-refractivity contribution in [1.82, 2.24) is 15.0 Å². The number of nitrogens with zero attached hydrogens (tertiary/aromatic N) is 3. The van der Waals surface area contributed by atoms with E-state index in [2.05, 4.69) is 10.1 Å². The highest BCUT2D eigenvalue weighted by molar-refractivity contribution is 5.79. The zero-order chi connectivity index (χ0) is 21.5. The Bertz CT molecular complexity index is 1070. The maximum atomic E-state index is 12.7. The predicted octanol–water partition coefficient (Wildman–Crippen LogP) is 4.89. The summed E-state index contributed by atoms with van der Waals surface area (Å²) in [5, 5.41) is 4.05. The van der Waals surface area contributed by atoms with Crippen LogP contribution in [0.25, 0.3) is 11.5 Å². The van der Waals surface area contributed by atoms with E-state index < -0.39 is 11.7 Å². The van der Waals surface area contributed by atoms with Gasteiger partial charge < -0.3 is 9.42 Å². The summed E-state index contributed by atoms with van der Waals surface area (Å²) in [6, 6.07) is 10.7. The van der Waals surface area contributed by atoms with Gasteiger partial charge in [-0.2, -0.15) is 18.2 Å². The van der Waals surface area contributed by atoms with Crippen molar-refractivity contribution in [1.29, 1.82) is 0 Å². The van der Waals surface area contributed by atoms with Gasteiger partial charge in [-0.3, -0.25) is 4.79 Å². The van der Waals surface area contributed by atoms with Crippen LogP contribution >= 0.6 is 0 Å². The zero-order valence-corrected chi connectivity index (χ0v) is 16.5. The Hall–Kier alpha value is -3.16. The van der Waals surface area contributed by atoms with Crippen LogP contribution in [0.4, 0.5) is 13.2 Å². The lowest BCUT2D eigenvalue weighted by atomic mass is 10.1. The summed E-state index contributed by atoms with van der Waals surface area (Å²) in [4.78, 5) is 18.5. The van der Waals surface area contributed by atoms with Gasteiger partial charge in [0.05, 0.1) is 5.56 Å². The van der Waals surface area contributed by atoms with Gasteiger partial charge in [-0.15, -0.1) is 0 Å². The fraction of sp³-hybridized carbons (Fsp3) is 0.318. The van der Waals surface area contributed by atoms with Gasteiger partial charge in [0, 0.05) is 31.0 Å². The average molecular weight is 415 g/mol. The second-order valence-electron chi connectivity index (χ2n) is 7.63. The molecule has 8 heteroatoms. The molecule has 1 saturated heterocycles. The lowest BCUT2D eigenvalue weighted by Crippen LogP contribution is -2.24. The number of hydrogen-bond acceptors (Lipinski definition) is 4. The van der Waals surface area contributed by atoms with Gasteiger partial charge in [0.2, 0.25) is 5.91 Å². The van der Waals surface area contributed by atoms with Crippen molar-refractivity contribution >= 4 is 5.91 Å². The molecule has 5 nitrogen and oxygen atoms in total. The third-order valence-corrected chi connectivity index (χ3v) is 5.43. The van der Waals surface area contributed by atoms with Crippen LogP contribution in [-0.4, -0.2) is 27.5 Å². The summed E-state index contributed by atoms with van der Waals surface area (Å²) in [6.45, 7) is 4.67. The number of alkyl halides is 3. The first kappa shape index (κ1) is 20.1.